The van der Waals surface area contributed by atoms with E-state index >= 15 is 0 Å². The molecule has 1 N–H and O–H groups in total. The van der Waals surface area contributed by atoms with Crippen molar-refractivity contribution in [1.29, 1.82) is 0 Å². The zero-order valence-electron chi connectivity index (χ0n) is 10.3. The predicted molar refractivity (Wildman–Crippen MR) is 68.0 cm³/mol. The molecule has 1 heterocycles. The number of nitro groups is 1. The summed E-state index contributed by atoms with van der Waals surface area (Å²) in [4.78, 5) is 9.69. The third kappa shape index (κ3) is 3.81. The molecule has 6 nitrogen and oxygen atoms in total. The zero-order valence-corrected chi connectivity index (χ0v) is 10.3. The molecule has 0 spiro atoms. The van der Waals surface area contributed by atoms with E-state index in [0.717, 1.165) is 12.1 Å². The smallest absolute Gasteiger partial charge is 0.400 e. The van der Waals surface area contributed by atoms with Crippen molar-refractivity contribution in [2.24, 2.45) is 5.10 Å². The molecule has 21 heavy (non-hydrogen) atoms. The number of alkyl halides is 3. The van der Waals surface area contributed by atoms with Crippen LogP contribution in [0.1, 0.15) is 11.3 Å². The molecule has 2 aromatic rings. The zero-order chi connectivity index (χ0) is 15.5. The van der Waals surface area contributed by atoms with Crippen molar-refractivity contribution in [2.75, 3.05) is 5.43 Å². The van der Waals surface area contributed by atoms with Gasteiger partial charge in [-0.15, -0.1) is 0 Å². The normalized spacial score (nSPS) is 11.8. The third-order valence-electron chi connectivity index (χ3n) is 2.39. The molecule has 0 unspecified atom stereocenters. The summed E-state index contributed by atoms with van der Waals surface area (Å²) in [6.07, 6.45) is -3.22. The fourth-order valence-electron chi connectivity index (χ4n) is 1.41. The molecule has 0 fully saturated rings. The Morgan fingerprint density at radius 2 is 1.86 bits per heavy atom. The molecular formula is C12H8F3N3O3. The van der Waals surface area contributed by atoms with Gasteiger partial charge in [0.2, 0.25) is 0 Å². The van der Waals surface area contributed by atoms with Gasteiger partial charge in [-0.2, -0.15) is 18.3 Å². The molecule has 0 atom stereocenters. The number of benzene rings is 1. The van der Waals surface area contributed by atoms with Gasteiger partial charge in [0.15, 0.2) is 5.76 Å². The topological polar surface area (TPSA) is 80.7 Å². The Morgan fingerprint density at radius 1 is 1.19 bits per heavy atom. The van der Waals surface area contributed by atoms with Crippen LogP contribution in [0.25, 0.3) is 0 Å². The summed E-state index contributed by atoms with van der Waals surface area (Å²) >= 11 is 0. The monoisotopic (exact) mass is 299 g/mol. The van der Waals surface area contributed by atoms with E-state index in [0.29, 0.717) is 5.69 Å². The van der Waals surface area contributed by atoms with Gasteiger partial charge in [-0.1, -0.05) is 0 Å². The predicted octanol–water partition coefficient (Wildman–Crippen LogP) is 3.65. The molecule has 1 aromatic carbocycles. The Labute approximate surface area is 116 Å². The summed E-state index contributed by atoms with van der Waals surface area (Å²) in [7, 11) is 0. The first-order chi connectivity index (χ1) is 9.86. The summed E-state index contributed by atoms with van der Waals surface area (Å²) in [6, 6.07) is 6.76. The van der Waals surface area contributed by atoms with E-state index in [1.807, 2.05) is 0 Å². The average molecular weight is 299 g/mol. The second-order valence-electron chi connectivity index (χ2n) is 3.88. The molecule has 2 rings (SSSR count). The van der Waals surface area contributed by atoms with Gasteiger partial charge >= 0.3 is 12.1 Å². The largest absolute Gasteiger partial charge is 0.433 e. The lowest BCUT2D eigenvalue weighted by atomic mass is 10.2. The molecule has 0 aliphatic carbocycles. The van der Waals surface area contributed by atoms with Crippen molar-refractivity contribution in [3.63, 3.8) is 0 Å². The Hall–Kier alpha value is -2.84. The highest BCUT2D eigenvalue weighted by molar-refractivity contribution is 5.77. The van der Waals surface area contributed by atoms with Gasteiger partial charge in [0.05, 0.1) is 23.5 Å². The van der Waals surface area contributed by atoms with Crippen molar-refractivity contribution in [3.05, 3.63) is 57.8 Å². The first-order valence-electron chi connectivity index (χ1n) is 5.57. The van der Waals surface area contributed by atoms with Crippen LogP contribution in [-0.2, 0) is 6.18 Å². The molecule has 0 saturated heterocycles. The van der Waals surface area contributed by atoms with Gasteiger partial charge in [-0.05, 0) is 30.3 Å². The maximum Gasteiger partial charge on any atom is 0.433 e. The van der Waals surface area contributed by atoms with Crippen LogP contribution in [0.15, 0.2) is 45.9 Å². The first-order valence-corrected chi connectivity index (χ1v) is 5.57. The molecule has 110 valence electrons. The van der Waals surface area contributed by atoms with Crippen LogP contribution in [0.5, 0.6) is 0 Å². The molecule has 0 aliphatic rings. The number of nitrogens with zero attached hydrogens (tertiary/aromatic N) is 2. The minimum atomic E-state index is -4.39. The molecule has 9 heteroatoms. The molecular weight excluding hydrogens is 291 g/mol. The minimum Gasteiger partial charge on any atom is -0.400 e. The number of furan rings is 1. The fraction of sp³-hybridized carbons (Fsp3) is 0.0833. The Morgan fingerprint density at radius 3 is 2.38 bits per heavy atom. The van der Waals surface area contributed by atoms with Crippen LogP contribution in [0.4, 0.5) is 24.7 Å². The molecule has 0 aliphatic heterocycles. The average Bonchev–Trinajstić information content (AvgIpc) is 2.87. The highest BCUT2D eigenvalue weighted by atomic mass is 19.4. The van der Waals surface area contributed by atoms with Gasteiger partial charge in [-0.25, -0.2) is 0 Å². The molecule has 0 saturated carbocycles. The Kier molecular flexibility index (Phi) is 3.92. The van der Waals surface area contributed by atoms with Gasteiger partial charge in [0, 0.05) is 0 Å². The van der Waals surface area contributed by atoms with Gasteiger partial charge < -0.3 is 4.42 Å². The Balaban J connectivity index is 1.99. The highest BCUT2D eigenvalue weighted by Crippen LogP contribution is 2.29. The second kappa shape index (κ2) is 5.65. The summed E-state index contributed by atoms with van der Waals surface area (Å²) in [5.41, 5.74) is 2.05. The number of rotatable bonds is 4. The minimum absolute atomic E-state index is 0.140. The number of halogens is 3. The van der Waals surface area contributed by atoms with Crippen molar-refractivity contribution < 1.29 is 22.5 Å². The molecule has 0 radical (unpaired) electrons. The fourth-order valence-corrected chi connectivity index (χ4v) is 1.41. The molecule has 0 bridgehead atoms. The highest BCUT2D eigenvalue weighted by Gasteiger charge is 2.29. The lowest BCUT2D eigenvalue weighted by Gasteiger charge is -2.06. The molecule has 0 amide bonds. The second-order valence-corrected chi connectivity index (χ2v) is 3.88. The Bertz CT molecular complexity index is 662. The van der Waals surface area contributed by atoms with Crippen LogP contribution < -0.4 is 5.43 Å². The maximum atomic E-state index is 12.3. The summed E-state index contributed by atoms with van der Waals surface area (Å²) in [6.45, 7) is 0. The van der Waals surface area contributed by atoms with Crippen molar-refractivity contribution in [3.8, 4) is 0 Å². The standard InChI is InChI=1S/C12H8F3N3O3/c13-12(14,15)8-1-3-9(4-2-8)17-16-7-10-5-6-11(21-10)18(19)20/h1-7,17H/b16-7+. The number of nitrogens with one attached hydrogen (secondary N) is 1. The lowest BCUT2D eigenvalue weighted by Crippen LogP contribution is -2.04. The van der Waals surface area contributed by atoms with Crippen LogP contribution in [0.2, 0.25) is 0 Å². The van der Waals surface area contributed by atoms with E-state index in [1.54, 1.807) is 0 Å². The van der Waals surface area contributed by atoms with Crippen LogP contribution in [0, 0.1) is 10.1 Å². The van der Waals surface area contributed by atoms with Crippen LogP contribution >= 0.6 is 0 Å². The van der Waals surface area contributed by atoms with E-state index in [2.05, 4.69) is 10.5 Å². The van der Waals surface area contributed by atoms with Crippen LogP contribution in [-0.4, -0.2) is 11.1 Å². The quantitative estimate of drug-likeness (QED) is 0.531. The third-order valence-corrected chi connectivity index (χ3v) is 2.39. The van der Waals surface area contributed by atoms with E-state index in [4.69, 9.17) is 4.42 Å². The van der Waals surface area contributed by atoms with E-state index < -0.39 is 22.5 Å². The molecule has 1 aromatic heterocycles. The van der Waals surface area contributed by atoms with E-state index in [9.17, 15) is 23.3 Å². The number of hydrogen-bond acceptors (Lipinski definition) is 5. The van der Waals surface area contributed by atoms with Crippen LogP contribution in [0.3, 0.4) is 0 Å². The van der Waals surface area contributed by atoms with Crippen molar-refractivity contribution in [2.45, 2.75) is 6.18 Å². The number of hydrogen-bond donors (Lipinski definition) is 1. The maximum absolute atomic E-state index is 12.3. The lowest BCUT2D eigenvalue weighted by molar-refractivity contribution is -0.402. The van der Waals surface area contributed by atoms with Gasteiger partial charge in [0.1, 0.15) is 4.92 Å². The summed E-state index contributed by atoms with van der Waals surface area (Å²) < 4.78 is 41.8. The summed E-state index contributed by atoms with van der Waals surface area (Å²) in [5, 5.41) is 14.1. The van der Waals surface area contributed by atoms with Gasteiger partial charge in [-0.3, -0.25) is 15.5 Å². The number of hydrazone groups is 1. The number of anilines is 1. The van der Waals surface area contributed by atoms with E-state index in [-0.39, 0.29) is 5.76 Å². The van der Waals surface area contributed by atoms with E-state index in [1.165, 1.54) is 30.5 Å². The summed E-state index contributed by atoms with van der Waals surface area (Å²) in [5.74, 6) is -0.285. The first kappa shape index (κ1) is 14.6. The van der Waals surface area contributed by atoms with Crippen molar-refractivity contribution >= 4 is 17.8 Å². The van der Waals surface area contributed by atoms with Gasteiger partial charge in [0.25, 0.3) is 0 Å². The van der Waals surface area contributed by atoms with Crippen molar-refractivity contribution in [1.82, 2.24) is 0 Å². The SMILES string of the molecule is O=[N+]([O-])c1ccc(/C=N/Nc2ccc(C(F)(F)F)cc2)o1.